The third-order valence-electron chi connectivity index (χ3n) is 2.28. The summed E-state index contributed by atoms with van der Waals surface area (Å²) in [6.45, 7) is 0. The molecule has 6 heteroatoms. The van der Waals surface area contributed by atoms with Crippen LogP contribution in [0.25, 0.3) is 0 Å². The number of halogens is 2. The van der Waals surface area contributed by atoms with Gasteiger partial charge >= 0.3 is 0 Å². The van der Waals surface area contributed by atoms with Gasteiger partial charge in [-0.25, -0.2) is 4.39 Å². The number of hydrogen-bond donors (Lipinski definition) is 2. The molecule has 0 atom stereocenters. The van der Waals surface area contributed by atoms with Crippen LogP contribution in [0.15, 0.2) is 53.4 Å². The summed E-state index contributed by atoms with van der Waals surface area (Å²) in [6, 6.07) is 12.9. The maximum absolute atomic E-state index is 13.3. The molecule has 2 aromatic carbocycles. The van der Waals surface area contributed by atoms with E-state index in [1.165, 1.54) is 18.2 Å². The second-order valence-corrected chi connectivity index (χ2v) is 4.82. The normalized spacial score (nSPS) is 10.2. The molecule has 0 aliphatic heterocycles. The van der Waals surface area contributed by atoms with Gasteiger partial charge in [-0.05, 0) is 36.2 Å². The molecule has 0 saturated heterocycles. The number of hydrazine groups is 1. The monoisotopic (exact) mass is 296 g/mol. The van der Waals surface area contributed by atoms with Crippen molar-refractivity contribution in [3.8, 4) is 0 Å². The first kappa shape index (κ1) is 13.9. The summed E-state index contributed by atoms with van der Waals surface area (Å²) >= 11 is 7.09. The average molecular weight is 297 g/mol. The summed E-state index contributed by atoms with van der Waals surface area (Å²) in [6.07, 6.45) is 0. The van der Waals surface area contributed by atoms with E-state index in [0.717, 1.165) is 16.8 Å². The van der Waals surface area contributed by atoms with E-state index in [-0.39, 0.29) is 5.56 Å². The molecular weight excluding hydrogens is 287 g/mol. The van der Waals surface area contributed by atoms with Crippen LogP contribution in [0.5, 0.6) is 0 Å². The predicted octanol–water partition coefficient (Wildman–Crippen LogP) is 3.42. The number of carbonyl (C=O) groups excluding carboxylic acids is 1. The molecule has 0 saturated carbocycles. The van der Waals surface area contributed by atoms with Crippen LogP contribution >= 0.6 is 23.5 Å². The fourth-order valence-corrected chi connectivity index (χ4v) is 2.18. The largest absolute Gasteiger partial charge is 0.277 e. The Hall–Kier alpha value is -1.56. The van der Waals surface area contributed by atoms with Crippen molar-refractivity contribution in [1.82, 2.24) is 10.3 Å². The van der Waals surface area contributed by atoms with E-state index in [1.807, 2.05) is 12.1 Å². The van der Waals surface area contributed by atoms with Crippen LogP contribution in [-0.2, 0) is 0 Å². The summed E-state index contributed by atoms with van der Waals surface area (Å²) in [5, 5.41) is 0.570. The molecule has 0 bridgehead atoms. The van der Waals surface area contributed by atoms with Gasteiger partial charge in [0.1, 0.15) is 5.82 Å². The molecule has 0 unspecified atom stereocenters. The van der Waals surface area contributed by atoms with Gasteiger partial charge in [-0.2, -0.15) is 4.83 Å². The molecule has 0 aromatic heterocycles. The third kappa shape index (κ3) is 3.70. The lowest BCUT2D eigenvalue weighted by Crippen LogP contribution is -2.33. The number of benzene rings is 2. The van der Waals surface area contributed by atoms with Crippen molar-refractivity contribution < 1.29 is 9.18 Å². The smallest absolute Gasteiger partial charge is 0.269 e. The fourth-order valence-electron chi connectivity index (χ4n) is 1.37. The average Bonchev–Trinajstić information content (AvgIpc) is 2.41. The Morgan fingerprint density at radius 2 is 1.79 bits per heavy atom. The topological polar surface area (TPSA) is 41.1 Å². The standard InChI is InChI=1S/C13H10ClFN2OS/c14-10-6-2-4-8-12(10)19-17-16-13(18)9-5-1-3-7-11(9)15/h1-8,17H,(H,16,18). The lowest BCUT2D eigenvalue weighted by molar-refractivity contribution is 0.0943. The van der Waals surface area contributed by atoms with Gasteiger partial charge in [0.05, 0.1) is 10.6 Å². The minimum atomic E-state index is -0.565. The Kier molecular flexibility index (Phi) is 4.79. The van der Waals surface area contributed by atoms with Crippen molar-refractivity contribution in [2.75, 3.05) is 0 Å². The maximum Gasteiger partial charge on any atom is 0.269 e. The molecule has 0 heterocycles. The lowest BCUT2D eigenvalue weighted by atomic mass is 10.2. The van der Waals surface area contributed by atoms with E-state index in [1.54, 1.807) is 18.2 Å². The van der Waals surface area contributed by atoms with Crippen LogP contribution in [-0.4, -0.2) is 5.91 Å². The second-order valence-electron chi connectivity index (χ2n) is 3.57. The van der Waals surface area contributed by atoms with Gasteiger partial charge in [-0.1, -0.05) is 35.9 Å². The van der Waals surface area contributed by atoms with Gasteiger partial charge in [0.2, 0.25) is 0 Å². The highest BCUT2D eigenvalue weighted by Gasteiger charge is 2.10. The Balaban J connectivity index is 1.92. The van der Waals surface area contributed by atoms with Crippen LogP contribution < -0.4 is 10.3 Å². The zero-order chi connectivity index (χ0) is 13.7. The molecule has 0 aliphatic rings. The SMILES string of the molecule is O=C(NNSc1ccccc1Cl)c1ccccc1F. The third-order valence-corrected chi connectivity index (χ3v) is 3.50. The van der Waals surface area contributed by atoms with Crippen molar-refractivity contribution >= 4 is 29.5 Å². The number of rotatable bonds is 4. The highest BCUT2D eigenvalue weighted by molar-refractivity contribution is 7.97. The predicted molar refractivity (Wildman–Crippen MR) is 74.3 cm³/mol. The van der Waals surface area contributed by atoms with E-state index < -0.39 is 11.7 Å². The van der Waals surface area contributed by atoms with E-state index in [2.05, 4.69) is 10.3 Å². The summed E-state index contributed by atoms with van der Waals surface area (Å²) in [4.78, 5) is 15.1. The van der Waals surface area contributed by atoms with Gasteiger partial charge in [0.25, 0.3) is 5.91 Å². The van der Waals surface area contributed by atoms with Crippen molar-refractivity contribution in [1.29, 1.82) is 0 Å². The summed E-state index contributed by atoms with van der Waals surface area (Å²) < 4.78 is 13.3. The van der Waals surface area contributed by atoms with Crippen LogP contribution in [0.4, 0.5) is 4.39 Å². The first-order valence-electron chi connectivity index (χ1n) is 5.40. The highest BCUT2D eigenvalue weighted by Crippen LogP contribution is 2.23. The minimum absolute atomic E-state index is 0.0187. The Morgan fingerprint density at radius 1 is 1.11 bits per heavy atom. The van der Waals surface area contributed by atoms with Gasteiger partial charge in [-0.3, -0.25) is 10.2 Å². The molecule has 2 rings (SSSR count). The molecule has 0 spiro atoms. The Morgan fingerprint density at radius 3 is 2.53 bits per heavy atom. The molecule has 98 valence electrons. The summed E-state index contributed by atoms with van der Waals surface area (Å²) in [7, 11) is 0. The quantitative estimate of drug-likeness (QED) is 0.671. The Labute approximate surface area is 119 Å². The zero-order valence-electron chi connectivity index (χ0n) is 9.69. The molecule has 0 fully saturated rings. The number of carbonyl (C=O) groups is 1. The first-order valence-corrected chi connectivity index (χ1v) is 6.59. The summed E-state index contributed by atoms with van der Waals surface area (Å²) in [5.74, 6) is -1.11. The van der Waals surface area contributed by atoms with Crippen molar-refractivity contribution in [2.45, 2.75) is 4.90 Å². The Bertz CT molecular complexity index is 594. The zero-order valence-corrected chi connectivity index (χ0v) is 11.3. The molecule has 2 aromatic rings. The van der Waals surface area contributed by atoms with E-state index in [0.29, 0.717) is 5.02 Å². The molecule has 19 heavy (non-hydrogen) atoms. The van der Waals surface area contributed by atoms with Gasteiger partial charge in [-0.15, -0.1) is 0 Å². The number of amides is 1. The second kappa shape index (κ2) is 6.56. The van der Waals surface area contributed by atoms with Crippen LogP contribution in [0, 0.1) is 5.82 Å². The van der Waals surface area contributed by atoms with Crippen LogP contribution in [0.1, 0.15) is 10.4 Å². The van der Waals surface area contributed by atoms with Gasteiger partial charge < -0.3 is 0 Å². The first-order chi connectivity index (χ1) is 9.18. The fraction of sp³-hybridized carbons (Fsp3) is 0. The van der Waals surface area contributed by atoms with E-state index >= 15 is 0 Å². The van der Waals surface area contributed by atoms with Crippen LogP contribution in [0.2, 0.25) is 5.02 Å². The van der Waals surface area contributed by atoms with Crippen LogP contribution in [0.3, 0.4) is 0 Å². The lowest BCUT2D eigenvalue weighted by Gasteiger charge is -2.07. The van der Waals surface area contributed by atoms with Gasteiger partial charge in [0, 0.05) is 4.90 Å². The molecule has 1 amide bonds. The number of nitrogens with one attached hydrogen (secondary N) is 2. The highest BCUT2D eigenvalue weighted by atomic mass is 35.5. The molecular formula is C13H10ClFN2OS. The van der Waals surface area contributed by atoms with E-state index in [9.17, 15) is 9.18 Å². The molecule has 3 nitrogen and oxygen atoms in total. The molecule has 0 radical (unpaired) electrons. The van der Waals surface area contributed by atoms with E-state index in [4.69, 9.17) is 11.6 Å². The number of hydrogen-bond acceptors (Lipinski definition) is 3. The van der Waals surface area contributed by atoms with Crippen molar-refractivity contribution in [2.24, 2.45) is 0 Å². The molecule has 2 N–H and O–H groups in total. The summed E-state index contributed by atoms with van der Waals surface area (Å²) in [5.41, 5.74) is 2.37. The molecule has 0 aliphatic carbocycles. The van der Waals surface area contributed by atoms with Gasteiger partial charge in [0.15, 0.2) is 0 Å². The maximum atomic E-state index is 13.3. The van der Waals surface area contributed by atoms with Crippen molar-refractivity contribution in [3.05, 3.63) is 64.9 Å². The van der Waals surface area contributed by atoms with Crippen molar-refractivity contribution in [3.63, 3.8) is 0 Å². The minimum Gasteiger partial charge on any atom is -0.277 e.